The molecule has 2 atom stereocenters. The van der Waals surface area contributed by atoms with Crippen LogP contribution in [0.15, 0.2) is 41.9 Å². The van der Waals surface area contributed by atoms with Gasteiger partial charge in [-0.2, -0.15) is 0 Å². The number of hydrogen-bond acceptors (Lipinski definition) is 4. The molecule has 2 heterocycles. The summed E-state index contributed by atoms with van der Waals surface area (Å²) < 4.78 is 0. The van der Waals surface area contributed by atoms with Gasteiger partial charge in [-0.05, 0) is 5.56 Å². The number of hydrogen-bond donors (Lipinski definition) is 1. The predicted molar refractivity (Wildman–Crippen MR) is 72.5 cm³/mol. The van der Waals surface area contributed by atoms with E-state index < -0.39 is 6.10 Å². The van der Waals surface area contributed by atoms with Crippen LogP contribution in [0.1, 0.15) is 23.0 Å². The average Bonchev–Trinajstić information content (AvgIpc) is 3.04. The molecular weight excluding hydrogens is 260 g/mol. The summed E-state index contributed by atoms with van der Waals surface area (Å²) in [6, 6.07) is 9.70. The lowest BCUT2D eigenvalue weighted by atomic mass is 10.2. The van der Waals surface area contributed by atoms with Gasteiger partial charge in [0.05, 0.1) is 6.04 Å². The largest absolute Gasteiger partial charge is 0.383 e. The molecule has 1 fully saturated rings. The molecule has 2 aromatic rings. The number of aliphatic hydroxyl groups is 1. The van der Waals surface area contributed by atoms with Crippen LogP contribution in [-0.2, 0) is 11.3 Å². The highest BCUT2D eigenvalue weighted by atomic mass is 32.1. The third-order valence-corrected chi connectivity index (χ3v) is 4.20. The summed E-state index contributed by atoms with van der Waals surface area (Å²) in [5.41, 5.74) is 1.06. The minimum absolute atomic E-state index is 0.109. The first-order valence-corrected chi connectivity index (χ1v) is 7.05. The molecule has 4 nitrogen and oxygen atoms in total. The summed E-state index contributed by atoms with van der Waals surface area (Å²) in [5.74, 6) is -0.205. The first kappa shape index (κ1) is 12.3. The number of thiazole rings is 1. The van der Waals surface area contributed by atoms with E-state index in [0.717, 1.165) is 10.6 Å². The lowest BCUT2D eigenvalue weighted by Crippen LogP contribution is -2.30. The Balaban J connectivity index is 1.86. The molecule has 1 aliphatic rings. The van der Waals surface area contributed by atoms with Gasteiger partial charge in [-0.1, -0.05) is 30.3 Å². The Hall–Kier alpha value is -1.72. The van der Waals surface area contributed by atoms with Gasteiger partial charge in [0.25, 0.3) is 5.91 Å². The molecule has 0 aliphatic carbocycles. The first-order chi connectivity index (χ1) is 9.25. The summed E-state index contributed by atoms with van der Waals surface area (Å²) in [7, 11) is 0. The van der Waals surface area contributed by atoms with Crippen LogP contribution in [0.25, 0.3) is 0 Å². The third-order valence-electron chi connectivity index (χ3n) is 3.32. The van der Waals surface area contributed by atoms with Crippen LogP contribution in [0, 0.1) is 0 Å². The molecule has 0 spiro atoms. The summed E-state index contributed by atoms with van der Waals surface area (Å²) in [4.78, 5) is 18.1. The summed E-state index contributed by atoms with van der Waals surface area (Å²) in [6.45, 7) is 0.515. The van der Waals surface area contributed by atoms with Crippen LogP contribution < -0.4 is 0 Å². The van der Waals surface area contributed by atoms with Gasteiger partial charge in [-0.15, -0.1) is 11.3 Å². The fourth-order valence-electron chi connectivity index (χ4n) is 2.39. The second-order valence-corrected chi connectivity index (χ2v) is 5.52. The molecule has 1 aliphatic heterocycles. The van der Waals surface area contributed by atoms with Crippen LogP contribution in [0.5, 0.6) is 0 Å². The van der Waals surface area contributed by atoms with Gasteiger partial charge in [0, 0.05) is 24.5 Å². The van der Waals surface area contributed by atoms with Gasteiger partial charge in [0.2, 0.25) is 0 Å². The summed E-state index contributed by atoms with van der Waals surface area (Å²) in [5, 5.41) is 12.6. The van der Waals surface area contributed by atoms with Crippen molar-refractivity contribution in [2.24, 2.45) is 0 Å². The standard InChI is InChI=1S/C14H14N2O2S/c17-12-8-11(13-15-6-7-19-13)16(14(12)18)9-10-4-2-1-3-5-10/h1-7,11-12,17H,8-9H2/t11-,12-/m1/s1. The van der Waals surface area contributed by atoms with Crippen molar-refractivity contribution in [1.29, 1.82) is 0 Å². The van der Waals surface area contributed by atoms with Gasteiger partial charge in [-0.25, -0.2) is 4.98 Å². The van der Waals surface area contributed by atoms with Gasteiger partial charge >= 0.3 is 0 Å². The van der Waals surface area contributed by atoms with Crippen LogP contribution in [0.4, 0.5) is 0 Å². The number of benzene rings is 1. The topological polar surface area (TPSA) is 53.4 Å². The Bertz CT molecular complexity index is 556. The summed E-state index contributed by atoms with van der Waals surface area (Å²) in [6.07, 6.45) is 1.26. The molecule has 19 heavy (non-hydrogen) atoms. The Morgan fingerprint density at radius 1 is 1.37 bits per heavy atom. The van der Waals surface area contributed by atoms with Crippen molar-refractivity contribution in [2.75, 3.05) is 0 Å². The van der Waals surface area contributed by atoms with E-state index in [4.69, 9.17) is 0 Å². The van der Waals surface area contributed by atoms with E-state index in [1.165, 1.54) is 11.3 Å². The molecule has 0 bridgehead atoms. The zero-order valence-corrected chi connectivity index (χ0v) is 11.1. The Morgan fingerprint density at radius 3 is 2.84 bits per heavy atom. The fourth-order valence-corrected chi connectivity index (χ4v) is 3.15. The summed E-state index contributed by atoms with van der Waals surface area (Å²) >= 11 is 1.52. The normalized spacial score (nSPS) is 23.0. The number of carbonyl (C=O) groups excluding carboxylic acids is 1. The molecule has 98 valence electrons. The maximum Gasteiger partial charge on any atom is 0.252 e. The van der Waals surface area contributed by atoms with E-state index in [1.807, 2.05) is 35.7 Å². The van der Waals surface area contributed by atoms with E-state index >= 15 is 0 Å². The fraction of sp³-hybridized carbons (Fsp3) is 0.286. The van der Waals surface area contributed by atoms with Gasteiger partial charge < -0.3 is 10.0 Å². The van der Waals surface area contributed by atoms with Gasteiger partial charge in [0.1, 0.15) is 11.1 Å². The van der Waals surface area contributed by atoms with Crippen molar-refractivity contribution in [3.8, 4) is 0 Å². The zero-order valence-electron chi connectivity index (χ0n) is 10.3. The van der Waals surface area contributed by atoms with Gasteiger partial charge in [-0.3, -0.25) is 4.79 Å². The number of likely N-dealkylation sites (tertiary alicyclic amines) is 1. The molecule has 0 saturated carbocycles. The van der Waals surface area contributed by atoms with E-state index in [2.05, 4.69) is 4.98 Å². The number of aliphatic hydroxyl groups excluding tert-OH is 1. The lowest BCUT2D eigenvalue weighted by molar-refractivity contribution is -0.135. The molecule has 1 aromatic carbocycles. The number of aromatic nitrogens is 1. The van der Waals surface area contributed by atoms with Crippen molar-refractivity contribution in [3.05, 3.63) is 52.5 Å². The zero-order chi connectivity index (χ0) is 13.2. The van der Waals surface area contributed by atoms with Crippen molar-refractivity contribution in [2.45, 2.75) is 25.1 Å². The molecule has 1 saturated heterocycles. The predicted octanol–water partition coefficient (Wildman–Crippen LogP) is 1.98. The minimum Gasteiger partial charge on any atom is -0.383 e. The van der Waals surface area contributed by atoms with E-state index in [1.54, 1.807) is 11.1 Å². The first-order valence-electron chi connectivity index (χ1n) is 6.17. The lowest BCUT2D eigenvalue weighted by Gasteiger charge is -2.23. The molecule has 0 unspecified atom stereocenters. The number of carbonyl (C=O) groups is 1. The van der Waals surface area contributed by atoms with Crippen LogP contribution >= 0.6 is 11.3 Å². The third kappa shape index (κ3) is 2.39. The van der Waals surface area contributed by atoms with Crippen molar-refractivity contribution in [1.82, 2.24) is 9.88 Å². The van der Waals surface area contributed by atoms with Gasteiger partial charge in [0.15, 0.2) is 0 Å². The van der Waals surface area contributed by atoms with Crippen molar-refractivity contribution >= 4 is 17.2 Å². The molecule has 1 aromatic heterocycles. The highest BCUT2D eigenvalue weighted by Gasteiger charge is 2.40. The maximum absolute atomic E-state index is 12.1. The van der Waals surface area contributed by atoms with Crippen LogP contribution in [0.3, 0.4) is 0 Å². The Kier molecular flexibility index (Phi) is 3.31. The molecule has 5 heteroatoms. The highest BCUT2D eigenvalue weighted by molar-refractivity contribution is 7.09. The minimum atomic E-state index is -0.905. The van der Waals surface area contributed by atoms with E-state index in [9.17, 15) is 9.90 Å². The molecular formula is C14H14N2O2S. The Morgan fingerprint density at radius 2 is 2.16 bits per heavy atom. The smallest absolute Gasteiger partial charge is 0.252 e. The quantitative estimate of drug-likeness (QED) is 0.931. The van der Waals surface area contributed by atoms with Crippen molar-refractivity contribution in [3.63, 3.8) is 0 Å². The average molecular weight is 274 g/mol. The van der Waals surface area contributed by atoms with E-state index in [-0.39, 0.29) is 11.9 Å². The van der Waals surface area contributed by atoms with Crippen LogP contribution in [-0.4, -0.2) is 27.0 Å². The van der Waals surface area contributed by atoms with E-state index in [0.29, 0.717) is 13.0 Å². The SMILES string of the molecule is O=C1[C@H](O)C[C@H](c2nccs2)N1Cc1ccccc1. The molecule has 1 amide bonds. The molecule has 1 N–H and O–H groups in total. The number of nitrogens with zero attached hydrogens (tertiary/aromatic N) is 2. The number of amides is 1. The maximum atomic E-state index is 12.1. The Labute approximate surface area is 115 Å². The number of rotatable bonds is 3. The second kappa shape index (κ2) is 5.11. The molecule has 3 rings (SSSR count). The monoisotopic (exact) mass is 274 g/mol. The highest BCUT2D eigenvalue weighted by Crippen LogP contribution is 2.35. The van der Waals surface area contributed by atoms with Crippen molar-refractivity contribution < 1.29 is 9.90 Å². The van der Waals surface area contributed by atoms with Crippen LogP contribution in [0.2, 0.25) is 0 Å². The second-order valence-electron chi connectivity index (χ2n) is 4.59. The molecule has 0 radical (unpaired) electrons.